The summed E-state index contributed by atoms with van der Waals surface area (Å²) in [6.45, 7) is 12.5. The van der Waals surface area contributed by atoms with Crippen LogP contribution in [0.5, 0.6) is 0 Å². The summed E-state index contributed by atoms with van der Waals surface area (Å²) in [5.74, 6) is -0.926. The van der Waals surface area contributed by atoms with Crippen LogP contribution < -0.4 is 15.8 Å². The molecule has 0 spiro atoms. The predicted octanol–water partition coefficient (Wildman–Crippen LogP) is 2.98. The van der Waals surface area contributed by atoms with Gasteiger partial charge in [0, 0.05) is 49.0 Å². The van der Waals surface area contributed by atoms with Gasteiger partial charge in [0.2, 0.25) is 5.91 Å². The zero-order valence-corrected chi connectivity index (χ0v) is 19.6. The van der Waals surface area contributed by atoms with Crippen molar-refractivity contribution in [1.29, 1.82) is 0 Å². The van der Waals surface area contributed by atoms with Crippen LogP contribution in [0, 0.1) is 26.6 Å². The van der Waals surface area contributed by atoms with E-state index in [0.29, 0.717) is 48.4 Å². The molecular weight excluding hydrogens is 423 g/mol. The number of aryl methyl sites for hydroxylation is 2. The molecule has 1 aliphatic heterocycles. The van der Waals surface area contributed by atoms with Gasteiger partial charge < -0.3 is 20.1 Å². The van der Waals surface area contributed by atoms with Gasteiger partial charge in [0.25, 0.3) is 11.5 Å². The van der Waals surface area contributed by atoms with Gasteiger partial charge in [-0.05, 0) is 69.5 Å². The van der Waals surface area contributed by atoms with E-state index in [-0.39, 0.29) is 30.0 Å². The first-order valence-electron chi connectivity index (χ1n) is 11.1. The number of hydrogen-bond acceptors (Lipinski definition) is 4. The van der Waals surface area contributed by atoms with Crippen LogP contribution in [-0.4, -0.2) is 47.4 Å². The topological polar surface area (TPSA) is 85.5 Å². The first-order valence-corrected chi connectivity index (χ1v) is 11.1. The highest BCUT2D eigenvalue weighted by Gasteiger charge is 2.31. The van der Waals surface area contributed by atoms with Crippen LogP contribution >= 0.6 is 0 Å². The van der Waals surface area contributed by atoms with Crippen LogP contribution in [0.25, 0.3) is 0 Å². The number of H-pyrrole nitrogens is 1. The minimum atomic E-state index is -0.412. The maximum atomic E-state index is 15.0. The molecule has 33 heavy (non-hydrogen) atoms. The second-order valence-electron chi connectivity index (χ2n) is 8.41. The second kappa shape index (κ2) is 10.0. The number of likely N-dealkylation sites (tertiary alicyclic amines) is 1. The zero-order chi connectivity index (χ0) is 24.3. The summed E-state index contributed by atoms with van der Waals surface area (Å²) in [5.41, 5.74) is 3.05. The average molecular weight is 455 g/mol. The van der Waals surface area contributed by atoms with E-state index in [4.69, 9.17) is 0 Å². The molecule has 3 rings (SSSR count). The summed E-state index contributed by atoms with van der Waals surface area (Å²) < 4.78 is 15.0. The molecule has 1 fully saturated rings. The third kappa shape index (κ3) is 4.99. The summed E-state index contributed by atoms with van der Waals surface area (Å²) in [5, 5.41) is 2.80. The van der Waals surface area contributed by atoms with Crippen molar-refractivity contribution in [1.82, 2.24) is 15.2 Å². The molecule has 0 saturated carbocycles. The van der Waals surface area contributed by atoms with Gasteiger partial charge in [-0.2, -0.15) is 0 Å². The molecular formula is C25H31FN4O3. The molecule has 7 nitrogen and oxygen atoms in total. The summed E-state index contributed by atoms with van der Waals surface area (Å²) in [6, 6.07) is 4.56. The molecule has 0 bridgehead atoms. The first kappa shape index (κ1) is 24.2. The Kier molecular flexibility index (Phi) is 7.36. The molecule has 1 atom stereocenters. The number of likely N-dealkylation sites (N-methyl/N-ethyl adjacent to an activating group) is 1. The van der Waals surface area contributed by atoms with Crippen molar-refractivity contribution in [3.05, 3.63) is 75.0 Å². The minimum Gasteiger partial charge on any atom is -0.364 e. The molecule has 0 radical (unpaired) electrons. The number of aromatic amines is 1. The van der Waals surface area contributed by atoms with Crippen LogP contribution in [0.3, 0.4) is 0 Å². The van der Waals surface area contributed by atoms with E-state index in [1.807, 2.05) is 24.8 Å². The Bertz CT molecular complexity index is 1140. The summed E-state index contributed by atoms with van der Waals surface area (Å²) in [6.07, 6.45) is 1.99. The first-order chi connectivity index (χ1) is 15.7. The summed E-state index contributed by atoms with van der Waals surface area (Å²) in [7, 11) is 0. The Hall–Kier alpha value is -3.42. The van der Waals surface area contributed by atoms with Crippen molar-refractivity contribution >= 4 is 17.5 Å². The van der Waals surface area contributed by atoms with Crippen molar-refractivity contribution < 1.29 is 14.0 Å². The van der Waals surface area contributed by atoms with Crippen molar-refractivity contribution in [3.8, 4) is 0 Å². The highest BCUT2D eigenvalue weighted by molar-refractivity contribution is 5.97. The molecule has 1 saturated heterocycles. The number of aromatic nitrogens is 1. The number of pyridine rings is 1. The fourth-order valence-corrected chi connectivity index (χ4v) is 4.56. The van der Waals surface area contributed by atoms with Gasteiger partial charge in [-0.1, -0.05) is 6.58 Å². The number of hydrogen-bond donors (Lipinski definition) is 2. The lowest BCUT2D eigenvalue weighted by atomic mass is 10.0. The highest BCUT2D eigenvalue weighted by Crippen LogP contribution is 2.31. The number of carbonyl (C=O) groups is 2. The third-order valence-electron chi connectivity index (χ3n) is 6.26. The van der Waals surface area contributed by atoms with Crippen molar-refractivity contribution in [2.45, 2.75) is 46.7 Å². The quantitative estimate of drug-likeness (QED) is 0.630. The fourth-order valence-electron chi connectivity index (χ4n) is 4.56. The van der Waals surface area contributed by atoms with Gasteiger partial charge in [0.1, 0.15) is 5.82 Å². The Labute approximate surface area is 193 Å². The Morgan fingerprint density at radius 1 is 1.33 bits per heavy atom. The van der Waals surface area contributed by atoms with Crippen molar-refractivity contribution in [3.63, 3.8) is 0 Å². The lowest BCUT2D eigenvalue weighted by Gasteiger charge is -2.32. The Morgan fingerprint density at radius 3 is 2.70 bits per heavy atom. The van der Waals surface area contributed by atoms with Gasteiger partial charge in [-0.15, -0.1) is 0 Å². The highest BCUT2D eigenvalue weighted by atomic mass is 19.1. The molecule has 1 aromatic heterocycles. The summed E-state index contributed by atoms with van der Waals surface area (Å²) >= 11 is 0. The number of nitrogens with one attached hydrogen (secondary N) is 2. The van der Waals surface area contributed by atoms with Gasteiger partial charge >= 0.3 is 0 Å². The smallest absolute Gasteiger partial charge is 0.253 e. The maximum absolute atomic E-state index is 15.0. The molecule has 2 heterocycles. The van der Waals surface area contributed by atoms with Crippen LogP contribution in [0.2, 0.25) is 0 Å². The molecule has 0 aliphatic carbocycles. The van der Waals surface area contributed by atoms with Gasteiger partial charge in [-0.25, -0.2) is 4.39 Å². The SMILES string of the molecule is C=CC(=O)N1CCC(N(CC)c2c(F)ccc(C(=O)NCc3c(C)cc(C)[nH]c3=O)c2C)C1. The fraction of sp³-hybridized carbons (Fsp3) is 0.400. The zero-order valence-electron chi connectivity index (χ0n) is 19.6. The second-order valence-corrected chi connectivity index (χ2v) is 8.41. The predicted molar refractivity (Wildman–Crippen MR) is 127 cm³/mol. The Morgan fingerprint density at radius 2 is 2.06 bits per heavy atom. The van der Waals surface area contributed by atoms with Gasteiger partial charge in [0.05, 0.1) is 5.69 Å². The number of benzene rings is 1. The number of nitrogens with zero attached hydrogens (tertiary/aromatic N) is 2. The molecule has 1 aliphatic rings. The van der Waals surface area contributed by atoms with E-state index < -0.39 is 5.82 Å². The number of anilines is 1. The molecule has 2 amide bonds. The molecule has 2 aromatic rings. The lowest BCUT2D eigenvalue weighted by molar-refractivity contribution is -0.125. The molecule has 176 valence electrons. The third-order valence-corrected chi connectivity index (χ3v) is 6.26. The van der Waals surface area contributed by atoms with Gasteiger partial charge in [-0.3, -0.25) is 14.4 Å². The normalized spacial score (nSPS) is 15.4. The van der Waals surface area contributed by atoms with Crippen LogP contribution in [0.4, 0.5) is 10.1 Å². The average Bonchev–Trinajstić information content (AvgIpc) is 3.25. The van der Waals surface area contributed by atoms with E-state index in [1.165, 1.54) is 18.2 Å². The van der Waals surface area contributed by atoms with Crippen LogP contribution in [0.15, 0.2) is 35.6 Å². The number of amides is 2. The standard InChI is InChI=1S/C25H31FN4O3/c1-6-22(31)29-11-10-18(14-29)30(7-2)23-17(5)19(8-9-21(23)26)24(32)27-13-20-15(3)12-16(4)28-25(20)33/h6,8-9,12,18H,1,7,10-11,13-14H2,2-5H3,(H,27,32)(H,28,33). The monoisotopic (exact) mass is 454 g/mol. The largest absolute Gasteiger partial charge is 0.364 e. The maximum Gasteiger partial charge on any atom is 0.253 e. The lowest BCUT2D eigenvalue weighted by Crippen LogP contribution is -2.40. The van der Waals surface area contributed by atoms with Gasteiger partial charge in [0.15, 0.2) is 0 Å². The number of rotatable bonds is 7. The molecule has 2 N–H and O–H groups in total. The van der Waals surface area contributed by atoms with E-state index in [0.717, 1.165) is 11.3 Å². The van der Waals surface area contributed by atoms with Crippen LogP contribution in [-0.2, 0) is 11.3 Å². The van der Waals surface area contributed by atoms with E-state index >= 15 is 0 Å². The van der Waals surface area contributed by atoms with E-state index in [1.54, 1.807) is 18.7 Å². The van der Waals surface area contributed by atoms with E-state index in [9.17, 15) is 18.8 Å². The molecule has 1 aromatic carbocycles. The number of carbonyl (C=O) groups excluding carboxylic acids is 2. The molecule has 1 unspecified atom stereocenters. The van der Waals surface area contributed by atoms with Crippen molar-refractivity contribution in [2.75, 3.05) is 24.5 Å². The van der Waals surface area contributed by atoms with E-state index in [2.05, 4.69) is 16.9 Å². The minimum absolute atomic E-state index is 0.0563. The number of halogens is 1. The molecule has 8 heteroatoms. The van der Waals surface area contributed by atoms with Crippen molar-refractivity contribution in [2.24, 2.45) is 0 Å². The van der Waals surface area contributed by atoms with Crippen LogP contribution in [0.1, 0.15) is 46.1 Å². The summed E-state index contributed by atoms with van der Waals surface area (Å²) in [4.78, 5) is 43.6. The Balaban J connectivity index is 1.84.